The maximum Gasteiger partial charge on any atom is 0.407 e. The van der Waals surface area contributed by atoms with Crippen molar-refractivity contribution in [3.63, 3.8) is 0 Å². The predicted octanol–water partition coefficient (Wildman–Crippen LogP) is 3.59. The van der Waals surface area contributed by atoms with Crippen molar-refractivity contribution in [2.24, 2.45) is 0 Å². The monoisotopic (exact) mass is 445 g/mol. The van der Waals surface area contributed by atoms with Crippen LogP contribution >= 0.6 is 11.6 Å². The Hall–Kier alpha value is -3.04. The van der Waals surface area contributed by atoms with Gasteiger partial charge in [-0.05, 0) is 36.3 Å². The number of fused-ring (bicyclic) bond motifs is 1. The summed E-state index contributed by atoms with van der Waals surface area (Å²) in [6.07, 6.45) is 4.40. The number of piperidine rings is 1. The average Bonchev–Trinajstić information content (AvgIpc) is 2.99. The molecule has 2 aromatic rings. The van der Waals surface area contributed by atoms with Gasteiger partial charge in [0.25, 0.3) is 0 Å². The van der Waals surface area contributed by atoms with E-state index in [1.165, 1.54) is 11.2 Å². The van der Waals surface area contributed by atoms with E-state index in [4.69, 9.17) is 21.4 Å². The summed E-state index contributed by atoms with van der Waals surface area (Å²) in [7, 11) is 0. The van der Waals surface area contributed by atoms with Crippen LogP contribution < -0.4 is 15.4 Å². The summed E-state index contributed by atoms with van der Waals surface area (Å²) in [5, 5.41) is 25.6. The standard InChI is InChI=1S/C21H24ClN5O4/c22-17-10-14(1-2-18(17)31-15-4-7-27(8-5-15)21(29)30)26-20-16-9-13(11-28)3-6-23-19(16)24-12-25-20/h1-2,9-10,12,15,28H,3-8,11H2,(H,29,30)(H2,23,24,25,26). The molecule has 31 heavy (non-hydrogen) atoms. The number of carboxylic acid groups (broad SMARTS) is 1. The highest BCUT2D eigenvalue weighted by Gasteiger charge is 2.24. The summed E-state index contributed by atoms with van der Waals surface area (Å²) in [5.74, 6) is 1.88. The van der Waals surface area contributed by atoms with Gasteiger partial charge in [0, 0.05) is 38.2 Å². The molecule has 2 aliphatic heterocycles. The summed E-state index contributed by atoms with van der Waals surface area (Å²) in [6, 6.07) is 5.41. The van der Waals surface area contributed by atoms with Crippen LogP contribution in [0.1, 0.15) is 24.8 Å². The zero-order chi connectivity index (χ0) is 21.8. The maximum absolute atomic E-state index is 11.0. The highest BCUT2D eigenvalue weighted by Crippen LogP contribution is 2.33. The zero-order valence-corrected chi connectivity index (χ0v) is 17.6. The second kappa shape index (κ2) is 9.40. The Balaban J connectivity index is 1.47. The number of aliphatic hydroxyl groups excluding tert-OH is 1. The van der Waals surface area contributed by atoms with Gasteiger partial charge in [-0.25, -0.2) is 14.8 Å². The van der Waals surface area contributed by atoms with Crippen molar-refractivity contribution < 1.29 is 19.7 Å². The molecule has 1 saturated heterocycles. The molecule has 9 nitrogen and oxygen atoms in total. The number of hydrogen-bond donors (Lipinski definition) is 4. The fourth-order valence-corrected chi connectivity index (χ4v) is 3.90. The van der Waals surface area contributed by atoms with Crippen LogP contribution in [-0.4, -0.2) is 63.5 Å². The lowest BCUT2D eigenvalue weighted by atomic mass is 10.1. The van der Waals surface area contributed by atoms with Crippen LogP contribution in [0.3, 0.4) is 0 Å². The Bertz CT molecular complexity index is 992. The molecular formula is C21H24ClN5O4. The Morgan fingerprint density at radius 2 is 2.13 bits per heavy atom. The minimum absolute atomic E-state index is 0.0152. The van der Waals surface area contributed by atoms with Crippen molar-refractivity contribution in [3.05, 3.63) is 40.7 Å². The summed E-state index contributed by atoms with van der Waals surface area (Å²) in [5.41, 5.74) is 2.42. The van der Waals surface area contributed by atoms with Gasteiger partial charge in [-0.3, -0.25) is 0 Å². The summed E-state index contributed by atoms with van der Waals surface area (Å²) in [4.78, 5) is 21.1. The number of hydrogen-bond acceptors (Lipinski definition) is 7. The van der Waals surface area contributed by atoms with Gasteiger partial charge in [0.1, 0.15) is 29.8 Å². The van der Waals surface area contributed by atoms with Gasteiger partial charge in [-0.2, -0.15) is 0 Å². The molecule has 1 aromatic carbocycles. The number of anilines is 3. The van der Waals surface area contributed by atoms with Crippen LogP contribution in [0.2, 0.25) is 5.02 Å². The summed E-state index contributed by atoms with van der Waals surface area (Å²) < 4.78 is 6.00. The molecule has 1 fully saturated rings. The van der Waals surface area contributed by atoms with E-state index in [-0.39, 0.29) is 12.7 Å². The van der Waals surface area contributed by atoms with Crippen LogP contribution in [0.4, 0.5) is 22.1 Å². The summed E-state index contributed by atoms with van der Waals surface area (Å²) >= 11 is 6.45. The normalized spacial score (nSPS) is 16.6. The first-order valence-corrected chi connectivity index (χ1v) is 10.5. The second-order valence-electron chi connectivity index (χ2n) is 7.48. The first kappa shape index (κ1) is 21.2. The number of aliphatic hydroxyl groups is 1. The Morgan fingerprint density at radius 3 is 2.84 bits per heavy atom. The van der Waals surface area contributed by atoms with E-state index >= 15 is 0 Å². The number of aromatic nitrogens is 2. The van der Waals surface area contributed by atoms with E-state index in [0.717, 1.165) is 23.2 Å². The third-order valence-electron chi connectivity index (χ3n) is 5.37. The number of amides is 1. The molecule has 10 heteroatoms. The van der Waals surface area contributed by atoms with E-state index in [0.29, 0.717) is 54.9 Å². The fourth-order valence-electron chi connectivity index (χ4n) is 3.67. The van der Waals surface area contributed by atoms with E-state index in [1.54, 1.807) is 12.1 Å². The van der Waals surface area contributed by atoms with Crippen molar-refractivity contribution in [2.45, 2.75) is 25.4 Å². The third-order valence-corrected chi connectivity index (χ3v) is 5.67. The Morgan fingerprint density at radius 1 is 1.32 bits per heavy atom. The number of ether oxygens (including phenoxy) is 1. The second-order valence-corrected chi connectivity index (χ2v) is 7.89. The predicted molar refractivity (Wildman–Crippen MR) is 118 cm³/mol. The van der Waals surface area contributed by atoms with Gasteiger partial charge in [0.05, 0.1) is 17.2 Å². The lowest BCUT2D eigenvalue weighted by Gasteiger charge is -2.30. The van der Waals surface area contributed by atoms with Crippen molar-refractivity contribution >= 4 is 41.1 Å². The fraction of sp³-hybridized carbons (Fsp3) is 0.381. The maximum atomic E-state index is 11.0. The molecule has 0 unspecified atom stereocenters. The van der Waals surface area contributed by atoms with Gasteiger partial charge < -0.3 is 30.5 Å². The average molecular weight is 446 g/mol. The number of likely N-dealkylation sites (tertiary alicyclic amines) is 1. The molecule has 0 radical (unpaired) electrons. The molecule has 0 spiro atoms. The topological polar surface area (TPSA) is 120 Å². The number of rotatable bonds is 5. The molecule has 0 atom stereocenters. The van der Waals surface area contributed by atoms with Crippen LogP contribution in [0.25, 0.3) is 6.08 Å². The Labute approximate surface area is 184 Å². The first-order valence-electron chi connectivity index (χ1n) is 10.1. The molecule has 0 bridgehead atoms. The van der Waals surface area contributed by atoms with E-state index in [2.05, 4.69) is 20.6 Å². The number of halogens is 1. The molecule has 4 rings (SSSR count). The number of carbonyl (C=O) groups is 1. The van der Waals surface area contributed by atoms with Gasteiger partial charge in [0.2, 0.25) is 0 Å². The lowest BCUT2D eigenvalue weighted by Crippen LogP contribution is -2.41. The minimum atomic E-state index is -0.898. The molecule has 2 aliphatic rings. The SMILES string of the molecule is O=C(O)N1CCC(Oc2ccc(Nc3ncnc4c3C=C(CO)CCN4)cc2Cl)CC1. The van der Waals surface area contributed by atoms with E-state index in [9.17, 15) is 9.90 Å². The van der Waals surface area contributed by atoms with Crippen molar-refractivity contribution in [1.29, 1.82) is 0 Å². The van der Waals surface area contributed by atoms with Crippen molar-refractivity contribution in [1.82, 2.24) is 14.9 Å². The zero-order valence-electron chi connectivity index (χ0n) is 16.8. The van der Waals surface area contributed by atoms with Crippen molar-refractivity contribution in [3.8, 4) is 5.75 Å². The molecule has 3 heterocycles. The highest BCUT2D eigenvalue weighted by atomic mass is 35.5. The van der Waals surface area contributed by atoms with Gasteiger partial charge >= 0.3 is 6.09 Å². The molecule has 1 amide bonds. The van der Waals surface area contributed by atoms with Gasteiger partial charge in [-0.15, -0.1) is 0 Å². The van der Waals surface area contributed by atoms with E-state index in [1.807, 2.05) is 12.1 Å². The largest absolute Gasteiger partial charge is 0.489 e. The highest BCUT2D eigenvalue weighted by molar-refractivity contribution is 6.32. The number of benzene rings is 1. The van der Waals surface area contributed by atoms with Crippen LogP contribution in [0, 0.1) is 0 Å². The van der Waals surface area contributed by atoms with Gasteiger partial charge in [-0.1, -0.05) is 11.6 Å². The molecular weight excluding hydrogens is 422 g/mol. The number of nitrogens with one attached hydrogen (secondary N) is 2. The first-order chi connectivity index (χ1) is 15.0. The minimum Gasteiger partial charge on any atom is -0.489 e. The molecule has 0 aliphatic carbocycles. The molecule has 164 valence electrons. The summed E-state index contributed by atoms with van der Waals surface area (Å²) in [6.45, 7) is 1.58. The number of nitrogens with zero attached hydrogens (tertiary/aromatic N) is 3. The molecule has 1 aromatic heterocycles. The van der Waals surface area contributed by atoms with Crippen LogP contribution in [0.15, 0.2) is 30.1 Å². The van der Waals surface area contributed by atoms with Crippen LogP contribution in [-0.2, 0) is 0 Å². The lowest BCUT2D eigenvalue weighted by molar-refractivity contribution is 0.0895. The molecule has 0 saturated carbocycles. The van der Waals surface area contributed by atoms with E-state index < -0.39 is 6.09 Å². The van der Waals surface area contributed by atoms with Crippen molar-refractivity contribution in [2.75, 3.05) is 36.9 Å². The third kappa shape index (κ3) is 5.00. The quantitative estimate of drug-likeness (QED) is 0.551. The van der Waals surface area contributed by atoms with Gasteiger partial charge in [0.15, 0.2) is 0 Å². The van der Waals surface area contributed by atoms with Crippen LogP contribution in [0.5, 0.6) is 5.75 Å². The Kier molecular flexibility index (Phi) is 6.43. The smallest absolute Gasteiger partial charge is 0.407 e. The molecule has 4 N–H and O–H groups in total.